The molecule has 0 aliphatic rings. The van der Waals surface area contributed by atoms with E-state index < -0.39 is 17.5 Å². The Kier molecular flexibility index (Phi) is 3.33. The molecule has 0 radical (unpaired) electrons. The molecule has 0 spiro atoms. The van der Waals surface area contributed by atoms with Crippen LogP contribution >= 0.6 is 0 Å². The van der Waals surface area contributed by atoms with Crippen LogP contribution in [0.1, 0.15) is 18.3 Å². The molecule has 0 bridgehead atoms. The van der Waals surface area contributed by atoms with Gasteiger partial charge >= 0.3 is 6.18 Å². The Balaban J connectivity index is 2.90. The Morgan fingerprint density at radius 2 is 2.06 bits per heavy atom. The summed E-state index contributed by atoms with van der Waals surface area (Å²) in [6.45, 7) is 2.37. The molecular formula is C10H14F3N3O. The maximum Gasteiger partial charge on any atom is 0.413 e. The van der Waals surface area contributed by atoms with Gasteiger partial charge < -0.3 is 5.73 Å². The first kappa shape index (κ1) is 13.7. The highest BCUT2D eigenvalue weighted by Crippen LogP contribution is 2.29. The fourth-order valence-corrected chi connectivity index (χ4v) is 1.34. The van der Waals surface area contributed by atoms with E-state index in [2.05, 4.69) is 5.10 Å². The van der Waals surface area contributed by atoms with E-state index in [9.17, 15) is 18.0 Å². The van der Waals surface area contributed by atoms with Crippen molar-refractivity contribution in [1.29, 1.82) is 0 Å². The minimum atomic E-state index is -4.75. The number of halogens is 3. The SMILES string of the molecule is Cc1cc(CC(=O)C(C)(N)C(F)(F)F)n(C)n1. The molecule has 1 unspecified atom stereocenters. The number of ketones is 1. The first-order valence-electron chi connectivity index (χ1n) is 4.94. The van der Waals surface area contributed by atoms with Gasteiger partial charge in [0.15, 0.2) is 11.3 Å². The summed E-state index contributed by atoms with van der Waals surface area (Å²) in [5.41, 5.74) is 3.26. The van der Waals surface area contributed by atoms with Gasteiger partial charge in [0.25, 0.3) is 0 Å². The number of nitrogens with two attached hydrogens (primary N) is 1. The zero-order chi connectivity index (χ0) is 13.4. The Labute approximate surface area is 96.6 Å². The minimum Gasteiger partial charge on any atom is -0.312 e. The maximum absolute atomic E-state index is 12.5. The molecule has 0 aliphatic carbocycles. The Morgan fingerprint density at radius 1 is 1.53 bits per heavy atom. The van der Waals surface area contributed by atoms with Crippen molar-refractivity contribution in [2.24, 2.45) is 12.8 Å². The molecule has 4 nitrogen and oxygen atoms in total. The van der Waals surface area contributed by atoms with E-state index in [-0.39, 0.29) is 6.42 Å². The van der Waals surface area contributed by atoms with Crippen LogP contribution in [0.2, 0.25) is 0 Å². The molecular weight excluding hydrogens is 235 g/mol. The van der Waals surface area contributed by atoms with Gasteiger partial charge in [-0.2, -0.15) is 18.3 Å². The molecule has 0 saturated carbocycles. The van der Waals surface area contributed by atoms with E-state index in [0.717, 1.165) is 0 Å². The summed E-state index contributed by atoms with van der Waals surface area (Å²) < 4.78 is 38.9. The monoisotopic (exact) mass is 249 g/mol. The molecule has 1 aromatic rings. The fraction of sp³-hybridized carbons (Fsp3) is 0.600. The summed E-state index contributed by atoms with van der Waals surface area (Å²) in [7, 11) is 1.57. The van der Waals surface area contributed by atoms with Crippen LogP contribution in [-0.2, 0) is 18.3 Å². The molecule has 0 amide bonds. The highest BCUT2D eigenvalue weighted by Gasteiger charge is 2.53. The van der Waals surface area contributed by atoms with E-state index in [1.807, 2.05) is 0 Å². The minimum absolute atomic E-state index is 0.385. The average Bonchev–Trinajstić information content (AvgIpc) is 2.43. The number of aryl methyl sites for hydroxylation is 2. The Bertz CT molecular complexity index is 434. The van der Waals surface area contributed by atoms with Gasteiger partial charge in [-0.1, -0.05) is 0 Å². The maximum atomic E-state index is 12.5. The highest BCUT2D eigenvalue weighted by atomic mass is 19.4. The lowest BCUT2D eigenvalue weighted by Gasteiger charge is -2.25. The number of hydrogen-bond acceptors (Lipinski definition) is 3. The number of hydrogen-bond donors (Lipinski definition) is 1. The molecule has 7 heteroatoms. The van der Waals surface area contributed by atoms with E-state index >= 15 is 0 Å². The first-order chi connectivity index (χ1) is 7.55. The van der Waals surface area contributed by atoms with E-state index in [1.54, 1.807) is 20.0 Å². The number of rotatable bonds is 3. The quantitative estimate of drug-likeness (QED) is 0.873. The number of aromatic nitrogens is 2. The second-order valence-electron chi connectivity index (χ2n) is 4.20. The standard InChI is InChI=1S/C10H14F3N3O/c1-6-4-7(16(3)15-6)5-8(17)9(2,14)10(11,12)13/h4H,5,14H2,1-3H3. The van der Waals surface area contributed by atoms with Crippen molar-refractivity contribution in [3.8, 4) is 0 Å². The van der Waals surface area contributed by atoms with Gasteiger partial charge in [-0.15, -0.1) is 0 Å². The molecule has 17 heavy (non-hydrogen) atoms. The Hall–Kier alpha value is -1.37. The summed E-state index contributed by atoms with van der Waals surface area (Å²) in [4.78, 5) is 11.6. The van der Waals surface area contributed by atoms with Gasteiger partial charge in [-0.3, -0.25) is 9.48 Å². The zero-order valence-electron chi connectivity index (χ0n) is 9.80. The molecule has 0 saturated heterocycles. The van der Waals surface area contributed by atoms with Crippen molar-refractivity contribution < 1.29 is 18.0 Å². The van der Waals surface area contributed by atoms with Crippen LogP contribution in [0.15, 0.2) is 6.07 Å². The third-order valence-corrected chi connectivity index (χ3v) is 2.61. The van der Waals surface area contributed by atoms with Crippen molar-refractivity contribution in [3.63, 3.8) is 0 Å². The molecule has 1 rings (SSSR count). The number of carbonyl (C=O) groups is 1. The lowest BCUT2D eigenvalue weighted by atomic mass is 9.93. The molecule has 0 aliphatic heterocycles. The van der Waals surface area contributed by atoms with Gasteiger partial charge in [-0.05, 0) is 19.9 Å². The molecule has 1 heterocycles. The van der Waals surface area contributed by atoms with E-state index in [0.29, 0.717) is 18.3 Å². The fourth-order valence-electron chi connectivity index (χ4n) is 1.34. The number of carbonyl (C=O) groups excluding carboxylic acids is 1. The van der Waals surface area contributed by atoms with Crippen LogP contribution in [0, 0.1) is 6.92 Å². The second-order valence-corrected chi connectivity index (χ2v) is 4.20. The zero-order valence-corrected chi connectivity index (χ0v) is 9.80. The van der Waals surface area contributed by atoms with Gasteiger partial charge in [0.2, 0.25) is 0 Å². The summed E-state index contributed by atoms with van der Waals surface area (Å²) in [6, 6.07) is 1.56. The van der Waals surface area contributed by atoms with Crippen LogP contribution in [-0.4, -0.2) is 27.3 Å². The lowest BCUT2D eigenvalue weighted by molar-refractivity contribution is -0.185. The summed E-state index contributed by atoms with van der Waals surface area (Å²) in [5.74, 6) is -1.08. The molecule has 1 aromatic heterocycles. The summed E-state index contributed by atoms with van der Waals surface area (Å²) >= 11 is 0. The lowest BCUT2D eigenvalue weighted by Crippen LogP contribution is -2.57. The normalized spacial score (nSPS) is 15.7. The number of nitrogens with zero attached hydrogens (tertiary/aromatic N) is 2. The highest BCUT2D eigenvalue weighted by molar-refractivity contribution is 5.90. The van der Waals surface area contributed by atoms with Crippen LogP contribution in [0.5, 0.6) is 0 Å². The van der Waals surface area contributed by atoms with Crippen LogP contribution < -0.4 is 5.73 Å². The molecule has 0 aromatic carbocycles. The largest absolute Gasteiger partial charge is 0.413 e. The first-order valence-corrected chi connectivity index (χ1v) is 4.94. The van der Waals surface area contributed by atoms with Crippen LogP contribution in [0.4, 0.5) is 13.2 Å². The Morgan fingerprint density at radius 3 is 2.41 bits per heavy atom. The number of alkyl halides is 3. The van der Waals surface area contributed by atoms with Crippen molar-refractivity contribution in [3.05, 3.63) is 17.5 Å². The predicted molar refractivity (Wildman–Crippen MR) is 55.3 cm³/mol. The van der Waals surface area contributed by atoms with Gasteiger partial charge in [-0.25, -0.2) is 0 Å². The van der Waals surface area contributed by atoms with Crippen molar-refractivity contribution in [1.82, 2.24) is 9.78 Å². The topological polar surface area (TPSA) is 60.9 Å². The predicted octanol–water partition coefficient (Wildman–Crippen LogP) is 1.12. The van der Waals surface area contributed by atoms with Gasteiger partial charge in [0, 0.05) is 12.7 Å². The third-order valence-electron chi connectivity index (χ3n) is 2.61. The molecule has 1 atom stereocenters. The molecule has 0 fully saturated rings. The van der Waals surface area contributed by atoms with Crippen LogP contribution in [0.25, 0.3) is 0 Å². The van der Waals surface area contributed by atoms with Gasteiger partial charge in [0.1, 0.15) is 0 Å². The molecule has 96 valence electrons. The smallest absolute Gasteiger partial charge is 0.312 e. The number of Topliss-reactive ketones (excluding diaryl/α,β-unsaturated/α-hetero) is 1. The molecule has 2 N–H and O–H groups in total. The van der Waals surface area contributed by atoms with E-state index in [4.69, 9.17) is 5.73 Å². The summed E-state index contributed by atoms with van der Waals surface area (Å²) in [5, 5.41) is 3.95. The summed E-state index contributed by atoms with van der Waals surface area (Å²) in [6.07, 6.45) is -5.14. The van der Waals surface area contributed by atoms with Crippen molar-refractivity contribution in [2.75, 3.05) is 0 Å². The average molecular weight is 249 g/mol. The van der Waals surface area contributed by atoms with Crippen molar-refractivity contribution in [2.45, 2.75) is 32.0 Å². The van der Waals surface area contributed by atoms with Crippen LogP contribution in [0.3, 0.4) is 0 Å². The van der Waals surface area contributed by atoms with E-state index in [1.165, 1.54) is 4.68 Å². The van der Waals surface area contributed by atoms with Crippen molar-refractivity contribution >= 4 is 5.78 Å². The van der Waals surface area contributed by atoms with Gasteiger partial charge in [0.05, 0.1) is 12.1 Å². The second kappa shape index (κ2) is 4.14. The third kappa shape index (κ3) is 2.66.